The van der Waals surface area contributed by atoms with E-state index in [4.69, 9.17) is 4.74 Å². The molecule has 1 fully saturated rings. The van der Waals surface area contributed by atoms with Gasteiger partial charge in [-0.25, -0.2) is 0 Å². The smallest absolute Gasteiger partial charge is 0.311 e. The summed E-state index contributed by atoms with van der Waals surface area (Å²) in [6, 6.07) is 14.3. The van der Waals surface area contributed by atoms with Crippen LogP contribution in [0.2, 0.25) is 0 Å². The highest BCUT2D eigenvalue weighted by Crippen LogP contribution is 2.26. The van der Waals surface area contributed by atoms with Gasteiger partial charge in [-0.1, -0.05) is 42.0 Å². The molecule has 2 aromatic carbocycles. The normalized spacial score (nSPS) is 15.7. The number of ketones is 1. The number of anilines is 1. The van der Waals surface area contributed by atoms with Crippen LogP contribution in [0.3, 0.4) is 0 Å². The molecule has 1 saturated heterocycles. The Morgan fingerprint density at radius 3 is 2.37 bits per heavy atom. The molecule has 1 N–H and O–H groups in total. The van der Waals surface area contributed by atoms with Gasteiger partial charge in [0.15, 0.2) is 12.4 Å². The van der Waals surface area contributed by atoms with E-state index in [1.165, 1.54) is 6.92 Å². The summed E-state index contributed by atoms with van der Waals surface area (Å²) in [7, 11) is 0. The first-order chi connectivity index (χ1) is 14.3. The van der Waals surface area contributed by atoms with E-state index in [0.717, 1.165) is 16.8 Å². The van der Waals surface area contributed by atoms with Crippen molar-refractivity contribution in [3.05, 3.63) is 65.2 Å². The zero-order valence-corrected chi connectivity index (χ0v) is 17.0. The molecule has 1 aliphatic rings. The van der Waals surface area contributed by atoms with Crippen molar-refractivity contribution in [2.24, 2.45) is 5.92 Å². The van der Waals surface area contributed by atoms with Gasteiger partial charge in [-0.15, -0.1) is 0 Å². The summed E-state index contributed by atoms with van der Waals surface area (Å²) in [4.78, 5) is 49.5. The van der Waals surface area contributed by atoms with E-state index >= 15 is 0 Å². The third kappa shape index (κ3) is 5.31. The molecule has 0 aliphatic carbocycles. The summed E-state index contributed by atoms with van der Waals surface area (Å²) in [6.07, 6.45) is 0.0682. The SMILES string of the molecule is CC(=O)NCc1ccc(C(=O)COC(=O)[C@@H]2CC(=O)N(c3ccc(C)cc3)C2)cc1. The summed E-state index contributed by atoms with van der Waals surface area (Å²) < 4.78 is 5.18. The average molecular weight is 408 g/mol. The molecule has 30 heavy (non-hydrogen) atoms. The van der Waals surface area contributed by atoms with Gasteiger partial charge in [-0.3, -0.25) is 19.2 Å². The highest BCUT2D eigenvalue weighted by atomic mass is 16.5. The van der Waals surface area contributed by atoms with Crippen LogP contribution >= 0.6 is 0 Å². The van der Waals surface area contributed by atoms with Gasteiger partial charge in [0.2, 0.25) is 11.8 Å². The van der Waals surface area contributed by atoms with Gasteiger partial charge in [0.05, 0.1) is 5.92 Å². The lowest BCUT2D eigenvalue weighted by atomic mass is 10.1. The minimum absolute atomic E-state index is 0.0682. The second-order valence-corrected chi connectivity index (χ2v) is 7.38. The first kappa shape index (κ1) is 21.2. The van der Waals surface area contributed by atoms with Crippen LogP contribution in [-0.4, -0.2) is 36.7 Å². The number of benzene rings is 2. The summed E-state index contributed by atoms with van der Waals surface area (Å²) in [5.41, 5.74) is 3.11. The lowest BCUT2D eigenvalue weighted by Gasteiger charge is -2.16. The lowest BCUT2D eigenvalue weighted by Crippen LogP contribution is -2.27. The molecule has 0 aromatic heterocycles. The maximum absolute atomic E-state index is 12.4. The number of nitrogens with zero attached hydrogens (tertiary/aromatic N) is 1. The minimum Gasteiger partial charge on any atom is -0.457 e. The van der Waals surface area contributed by atoms with Gasteiger partial charge in [-0.2, -0.15) is 0 Å². The summed E-state index contributed by atoms with van der Waals surface area (Å²) in [5, 5.41) is 2.68. The van der Waals surface area contributed by atoms with Gasteiger partial charge in [-0.05, 0) is 24.6 Å². The van der Waals surface area contributed by atoms with Crippen molar-refractivity contribution in [2.75, 3.05) is 18.1 Å². The van der Waals surface area contributed by atoms with E-state index < -0.39 is 11.9 Å². The molecule has 0 radical (unpaired) electrons. The highest BCUT2D eigenvalue weighted by Gasteiger charge is 2.36. The molecule has 7 heteroatoms. The van der Waals surface area contributed by atoms with Gasteiger partial charge in [0, 0.05) is 37.7 Å². The molecule has 156 valence electrons. The van der Waals surface area contributed by atoms with Crippen molar-refractivity contribution in [1.29, 1.82) is 0 Å². The lowest BCUT2D eigenvalue weighted by molar-refractivity contribution is -0.147. The summed E-state index contributed by atoms with van der Waals surface area (Å²) in [6.45, 7) is 3.64. The number of esters is 1. The number of ether oxygens (including phenoxy) is 1. The number of carbonyl (C=O) groups is 4. The van der Waals surface area contributed by atoms with E-state index in [9.17, 15) is 19.2 Å². The van der Waals surface area contributed by atoms with Gasteiger partial charge in [0.25, 0.3) is 0 Å². The summed E-state index contributed by atoms with van der Waals surface area (Å²) in [5.74, 6) is -1.73. The Balaban J connectivity index is 1.51. The van der Waals surface area contributed by atoms with Crippen molar-refractivity contribution in [3.63, 3.8) is 0 Å². The van der Waals surface area contributed by atoms with Crippen LogP contribution in [0, 0.1) is 12.8 Å². The first-order valence-electron chi connectivity index (χ1n) is 9.73. The van der Waals surface area contributed by atoms with Crippen LogP contribution in [0.1, 0.15) is 34.8 Å². The van der Waals surface area contributed by atoms with Crippen molar-refractivity contribution >= 4 is 29.3 Å². The molecule has 1 aliphatic heterocycles. The number of carbonyl (C=O) groups excluding carboxylic acids is 4. The number of rotatable bonds is 7. The van der Waals surface area contributed by atoms with E-state index in [1.807, 2.05) is 31.2 Å². The van der Waals surface area contributed by atoms with Gasteiger partial charge < -0.3 is 15.0 Å². The fraction of sp³-hybridized carbons (Fsp3) is 0.304. The topological polar surface area (TPSA) is 92.8 Å². The summed E-state index contributed by atoms with van der Waals surface area (Å²) >= 11 is 0. The zero-order valence-electron chi connectivity index (χ0n) is 17.0. The second kappa shape index (κ2) is 9.35. The van der Waals surface area contributed by atoms with E-state index in [-0.39, 0.29) is 37.2 Å². The van der Waals surface area contributed by atoms with Crippen molar-refractivity contribution in [1.82, 2.24) is 5.32 Å². The second-order valence-electron chi connectivity index (χ2n) is 7.38. The number of hydrogen-bond donors (Lipinski definition) is 1. The van der Waals surface area contributed by atoms with Crippen LogP contribution in [-0.2, 0) is 25.7 Å². The third-order valence-corrected chi connectivity index (χ3v) is 4.97. The van der Waals surface area contributed by atoms with Gasteiger partial charge >= 0.3 is 5.97 Å². The number of hydrogen-bond acceptors (Lipinski definition) is 5. The highest BCUT2D eigenvalue weighted by molar-refractivity contribution is 6.01. The van der Waals surface area contributed by atoms with Crippen LogP contribution in [0.5, 0.6) is 0 Å². The maximum Gasteiger partial charge on any atom is 0.311 e. The van der Waals surface area contributed by atoms with E-state index in [2.05, 4.69) is 5.32 Å². The van der Waals surface area contributed by atoms with Crippen LogP contribution in [0.15, 0.2) is 48.5 Å². The standard InChI is InChI=1S/C23H24N2O5/c1-15-3-9-20(10-4-15)25-13-19(11-22(25)28)23(29)30-14-21(27)18-7-5-17(6-8-18)12-24-16(2)26/h3-10,19H,11-14H2,1-2H3,(H,24,26)/t19-/m1/s1. The molecule has 2 amide bonds. The largest absolute Gasteiger partial charge is 0.457 e. The molecular formula is C23H24N2O5. The van der Waals surface area contributed by atoms with E-state index in [0.29, 0.717) is 12.1 Å². The quantitative estimate of drug-likeness (QED) is 0.561. The van der Waals surface area contributed by atoms with Crippen molar-refractivity contribution < 1.29 is 23.9 Å². The predicted octanol–water partition coefficient (Wildman–Crippen LogP) is 2.41. The maximum atomic E-state index is 12.4. The molecule has 7 nitrogen and oxygen atoms in total. The molecule has 3 rings (SSSR count). The molecule has 1 heterocycles. The third-order valence-electron chi connectivity index (χ3n) is 4.97. The molecule has 0 spiro atoms. The number of nitrogens with one attached hydrogen (secondary N) is 1. The Kier molecular flexibility index (Phi) is 6.61. The Morgan fingerprint density at radius 1 is 1.07 bits per heavy atom. The minimum atomic E-state index is -0.591. The van der Waals surface area contributed by atoms with Gasteiger partial charge in [0.1, 0.15) is 0 Å². The molecule has 0 unspecified atom stereocenters. The Labute approximate surface area is 175 Å². The van der Waals surface area contributed by atoms with Crippen molar-refractivity contribution in [2.45, 2.75) is 26.8 Å². The first-order valence-corrected chi connectivity index (χ1v) is 9.73. The van der Waals surface area contributed by atoms with Crippen LogP contribution in [0.25, 0.3) is 0 Å². The number of amides is 2. The monoisotopic (exact) mass is 408 g/mol. The molecular weight excluding hydrogens is 384 g/mol. The number of Topliss-reactive ketones (excluding diaryl/α,β-unsaturated/α-hetero) is 1. The van der Waals surface area contributed by atoms with E-state index in [1.54, 1.807) is 29.2 Å². The molecule has 1 atom stereocenters. The Morgan fingerprint density at radius 2 is 1.73 bits per heavy atom. The van der Waals surface area contributed by atoms with Crippen molar-refractivity contribution in [3.8, 4) is 0 Å². The zero-order chi connectivity index (χ0) is 21.7. The average Bonchev–Trinajstić information content (AvgIpc) is 3.13. The molecule has 0 saturated carbocycles. The predicted molar refractivity (Wildman–Crippen MR) is 111 cm³/mol. The number of aryl methyl sites for hydroxylation is 1. The fourth-order valence-corrected chi connectivity index (χ4v) is 3.21. The Bertz CT molecular complexity index is 951. The fourth-order valence-electron chi connectivity index (χ4n) is 3.21. The van der Waals surface area contributed by atoms with Crippen LogP contribution < -0.4 is 10.2 Å². The molecule has 2 aromatic rings. The van der Waals surface area contributed by atoms with Crippen LogP contribution in [0.4, 0.5) is 5.69 Å². The molecule has 0 bridgehead atoms. The Hall–Kier alpha value is -3.48.